The van der Waals surface area contributed by atoms with Gasteiger partial charge in [-0.3, -0.25) is 25.4 Å². The van der Waals surface area contributed by atoms with Gasteiger partial charge in [0.2, 0.25) is 0 Å². The number of hydrazine groups is 1. The fourth-order valence-electron chi connectivity index (χ4n) is 1.62. The lowest BCUT2D eigenvalue weighted by Crippen LogP contribution is -2.43. The molecule has 0 fully saturated rings. The molecule has 6 nitrogen and oxygen atoms in total. The van der Waals surface area contributed by atoms with Gasteiger partial charge in [0.1, 0.15) is 5.75 Å². The van der Waals surface area contributed by atoms with Crippen LogP contribution < -0.4 is 15.6 Å². The Bertz CT molecular complexity index is 691. The molecule has 2 aromatic rings. The predicted octanol–water partition coefficient (Wildman–Crippen LogP) is 1.99. The number of nitrogens with zero attached hydrogens (tertiary/aromatic N) is 1. The first kappa shape index (κ1) is 16.0. The second kappa shape index (κ2) is 7.56. The molecular formula is C15H14BrN3O3. The van der Waals surface area contributed by atoms with Crippen LogP contribution in [0.25, 0.3) is 0 Å². The molecule has 0 radical (unpaired) electrons. The van der Waals surface area contributed by atoms with Gasteiger partial charge in [-0.25, -0.2) is 0 Å². The molecule has 0 aliphatic heterocycles. The van der Waals surface area contributed by atoms with Gasteiger partial charge in [0.15, 0.2) is 6.61 Å². The van der Waals surface area contributed by atoms with Crippen molar-refractivity contribution in [1.82, 2.24) is 15.8 Å². The molecule has 7 heteroatoms. The number of ether oxygens (including phenoxy) is 1. The van der Waals surface area contributed by atoms with Gasteiger partial charge in [0.25, 0.3) is 11.8 Å². The summed E-state index contributed by atoms with van der Waals surface area (Å²) in [6.07, 6.45) is 2.96. The molecule has 1 aromatic carbocycles. The highest BCUT2D eigenvalue weighted by Crippen LogP contribution is 2.12. The average Bonchev–Trinajstić information content (AvgIpc) is 2.50. The highest BCUT2D eigenvalue weighted by molar-refractivity contribution is 9.10. The molecule has 0 saturated heterocycles. The van der Waals surface area contributed by atoms with Crippen LogP contribution in [0, 0.1) is 6.92 Å². The molecule has 2 N–H and O–H groups in total. The molecule has 22 heavy (non-hydrogen) atoms. The summed E-state index contributed by atoms with van der Waals surface area (Å²) in [6.45, 7) is 1.74. The summed E-state index contributed by atoms with van der Waals surface area (Å²) in [5.41, 5.74) is 5.94. The van der Waals surface area contributed by atoms with E-state index in [1.54, 1.807) is 18.3 Å². The number of pyridine rings is 1. The Morgan fingerprint density at radius 1 is 1.23 bits per heavy atom. The number of carbonyl (C=O) groups is 2. The Morgan fingerprint density at radius 2 is 2.05 bits per heavy atom. The zero-order chi connectivity index (χ0) is 15.9. The first-order valence-electron chi connectivity index (χ1n) is 6.44. The lowest BCUT2D eigenvalue weighted by atomic mass is 10.2. The molecule has 2 amide bonds. The topological polar surface area (TPSA) is 80.3 Å². The molecule has 1 aromatic heterocycles. The third-order valence-corrected chi connectivity index (χ3v) is 3.08. The van der Waals surface area contributed by atoms with Gasteiger partial charge >= 0.3 is 0 Å². The number of aromatic nitrogens is 1. The predicted molar refractivity (Wildman–Crippen MR) is 84.2 cm³/mol. The molecule has 2 rings (SSSR count). The van der Waals surface area contributed by atoms with E-state index in [-0.39, 0.29) is 6.61 Å². The number of carbonyl (C=O) groups excluding carboxylic acids is 2. The van der Waals surface area contributed by atoms with Crippen LogP contribution in [0.3, 0.4) is 0 Å². The Kier molecular flexibility index (Phi) is 5.48. The van der Waals surface area contributed by atoms with Crippen LogP contribution in [-0.4, -0.2) is 23.4 Å². The van der Waals surface area contributed by atoms with Gasteiger partial charge in [0.05, 0.1) is 5.56 Å². The summed E-state index contributed by atoms with van der Waals surface area (Å²) in [7, 11) is 0. The molecule has 114 valence electrons. The number of hydrogen-bond donors (Lipinski definition) is 2. The smallest absolute Gasteiger partial charge is 0.276 e. The van der Waals surface area contributed by atoms with Crippen LogP contribution in [0.15, 0.2) is 47.2 Å². The van der Waals surface area contributed by atoms with E-state index in [0.29, 0.717) is 15.8 Å². The fourth-order valence-corrected chi connectivity index (χ4v) is 1.99. The summed E-state index contributed by atoms with van der Waals surface area (Å²) < 4.78 is 6.00. The minimum atomic E-state index is -0.460. The number of benzene rings is 1. The summed E-state index contributed by atoms with van der Waals surface area (Å²) in [4.78, 5) is 27.3. The minimum Gasteiger partial charge on any atom is -0.484 e. The van der Waals surface area contributed by atoms with Crippen molar-refractivity contribution in [3.63, 3.8) is 0 Å². The van der Waals surface area contributed by atoms with Gasteiger partial charge < -0.3 is 4.74 Å². The average molecular weight is 364 g/mol. The summed E-state index contributed by atoms with van der Waals surface area (Å²) in [6, 6.07) is 8.94. The zero-order valence-corrected chi connectivity index (χ0v) is 13.4. The normalized spacial score (nSPS) is 9.91. The van der Waals surface area contributed by atoms with Gasteiger partial charge in [0, 0.05) is 16.9 Å². The Hall–Kier alpha value is -2.41. The zero-order valence-electron chi connectivity index (χ0n) is 11.8. The molecule has 0 atom stereocenters. The Balaban J connectivity index is 1.79. The first-order chi connectivity index (χ1) is 10.5. The number of aryl methyl sites for hydroxylation is 1. The van der Waals surface area contributed by atoms with Crippen LogP contribution in [0.2, 0.25) is 0 Å². The van der Waals surface area contributed by atoms with Crippen LogP contribution in [-0.2, 0) is 4.79 Å². The maximum atomic E-state index is 11.8. The second-order valence-electron chi connectivity index (χ2n) is 4.50. The second-order valence-corrected chi connectivity index (χ2v) is 5.41. The number of rotatable bonds is 4. The maximum absolute atomic E-state index is 11.8. The lowest BCUT2D eigenvalue weighted by Gasteiger charge is -2.09. The summed E-state index contributed by atoms with van der Waals surface area (Å²) in [5, 5.41) is 0. The molecule has 0 unspecified atom stereocenters. The van der Waals surface area contributed by atoms with E-state index in [1.165, 1.54) is 6.20 Å². The van der Waals surface area contributed by atoms with Crippen molar-refractivity contribution >= 4 is 27.7 Å². The van der Waals surface area contributed by atoms with E-state index in [4.69, 9.17) is 4.74 Å². The van der Waals surface area contributed by atoms with Gasteiger partial charge in [-0.2, -0.15) is 0 Å². The van der Waals surface area contributed by atoms with Gasteiger partial charge in [-0.05, 0) is 46.6 Å². The molecule has 1 heterocycles. The van der Waals surface area contributed by atoms with Crippen molar-refractivity contribution < 1.29 is 14.3 Å². The van der Waals surface area contributed by atoms with E-state index in [9.17, 15) is 9.59 Å². The highest BCUT2D eigenvalue weighted by atomic mass is 79.9. The van der Waals surface area contributed by atoms with E-state index >= 15 is 0 Å². The Morgan fingerprint density at radius 3 is 2.77 bits per heavy atom. The standard InChI is InChI=1S/C15H14BrN3O3/c1-10-3-2-4-13(5-10)22-9-14(20)18-19-15(21)11-6-12(16)8-17-7-11/h2-8H,9H2,1H3,(H,18,20)(H,19,21). The van der Waals surface area contributed by atoms with Gasteiger partial charge in [-0.1, -0.05) is 12.1 Å². The minimum absolute atomic E-state index is 0.194. The molecule has 0 bridgehead atoms. The first-order valence-corrected chi connectivity index (χ1v) is 7.23. The molecule has 0 saturated carbocycles. The van der Waals surface area contributed by atoms with Gasteiger partial charge in [-0.15, -0.1) is 0 Å². The molecule has 0 spiro atoms. The van der Waals surface area contributed by atoms with Crippen molar-refractivity contribution in [1.29, 1.82) is 0 Å². The molecule has 0 aliphatic carbocycles. The highest BCUT2D eigenvalue weighted by Gasteiger charge is 2.08. The summed E-state index contributed by atoms with van der Waals surface area (Å²) in [5.74, 6) is -0.326. The fraction of sp³-hybridized carbons (Fsp3) is 0.133. The Labute approximate surface area is 136 Å². The van der Waals surface area contributed by atoms with Crippen molar-refractivity contribution in [3.05, 3.63) is 58.3 Å². The monoisotopic (exact) mass is 363 g/mol. The van der Waals surface area contributed by atoms with E-state index in [2.05, 4.69) is 31.8 Å². The molecule has 0 aliphatic rings. The van der Waals surface area contributed by atoms with E-state index < -0.39 is 11.8 Å². The van der Waals surface area contributed by atoms with E-state index in [0.717, 1.165) is 5.56 Å². The van der Waals surface area contributed by atoms with Crippen molar-refractivity contribution in [2.45, 2.75) is 6.92 Å². The quantitative estimate of drug-likeness (QED) is 0.814. The number of amides is 2. The van der Waals surface area contributed by atoms with Crippen molar-refractivity contribution in [2.75, 3.05) is 6.61 Å². The largest absolute Gasteiger partial charge is 0.484 e. The number of hydrogen-bond acceptors (Lipinski definition) is 4. The van der Waals surface area contributed by atoms with Crippen molar-refractivity contribution in [2.24, 2.45) is 0 Å². The summed E-state index contributed by atoms with van der Waals surface area (Å²) >= 11 is 3.22. The van der Waals surface area contributed by atoms with E-state index in [1.807, 2.05) is 25.1 Å². The van der Waals surface area contributed by atoms with Crippen molar-refractivity contribution in [3.8, 4) is 5.75 Å². The third kappa shape index (κ3) is 4.85. The number of halogens is 1. The van der Waals surface area contributed by atoms with Crippen LogP contribution in [0.5, 0.6) is 5.75 Å². The third-order valence-electron chi connectivity index (χ3n) is 2.64. The van der Waals surface area contributed by atoms with Crippen LogP contribution in [0.4, 0.5) is 0 Å². The SMILES string of the molecule is Cc1cccc(OCC(=O)NNC(=O)c2cncc(Br)c2)c1. The maximum Gasteiger partial charge on any atom is 0.276 e. The lowest BCUT2D eigenvalue weighted by molar-refractivity contribution is -0.123. The molecular weight excluding hydrogens is 350 g/mol. The van der Waals surface area contributed by atoms with Crippen LogP contribution in [0.1, 0.15) is 15.9 Å². The number of nitrogens with one attached hydrogen (secondary N) is 2. The van der Waals surface area contributed by atoms with Crippen LogP contribution >= 0.6 is 15.9 Å².